The molecular formula is C26H41N3O5. The number of likely N-dealkylation sites (tertiary alicyclic amines) is 1. The fraction of sp³-hybridized carbons (Fsp3) is 0.654. The molecule has 2 rings (SSSR count). The Kier molecular flexibility index (Phi) is 9.77. The van der Waals surface area contributed by atoms with Gasteiger partial charge in [0.1, 0.15) is 17.4 Å². The lowest BCUT2D eigenvalue weighted by molar-refractivity contribution is -0.136. The number of hydrogen-bond acceptors (Lipinski definition) is 5. The van der Waals surface area contributed by atoms with E-state index in [9.17, 15) is 14.4 Å². The number of rotatable bonds is 8. The van der Waals surface area contributed by atoms with Crippen LogP contribution in [-0.4, -0.2) is 72.6 Å². The Morgan fingerprint density at radius 2 is 1.82 bits per heavy atom. The third-order valence-corrected chi connectivity index (χ3v) is 5.71. The summed E-state index contributed by atoms with van der Waals surface area (Å²) in [6.07, 6.45) is 1.43. The summed E-state index contributed by atoms with van der Waals surface area (Å²) in [5.74, 6) is 0.423. The molecule has 1 aromatic rings. The van der Waals surface area contributed by atoms with E-state index in [1.54, 1.807) is 36.2 Å². The van der Waals surface area contributed by atoms with Crippen LogP contribution < -0.4 is 10.1 Å². The van der Waals surface area contributed by atoms with Crippen molar-refractivity contribution in [2.75, 3.05) is 33.3 Å². The van der Waals surface area contributed by atoms with Crippen LogP contribution in [0.2, 0.25) is 0 Å². The summed E-state index contributed by atoms with van der Waals surface area (Å²) in [5.41, 5.74) is -0.0659. The molecule has 0 aliphatic carbocycles. The third-order valence-electron chi connectivity index (χ3n) is 5.71. The number of ether oxygens (including phenoxy) is 2. The molecule has 0 spiro atoms. The highest BCUT2D eigenvalue weighted by Gasteiger charge is 2.33. The molecule has 34 heavy (non-hydrogen) atoms. The molecule has 2 unspecified atom stereocenters. The molecule has 1 fully saturated rings. The number of carbonyl (C=O) groups excluding carboxylic acids is 3. The number of benzene rings is 1. The van der Waals surface area contributed by atoms with Crippen molar-refractivity contribution >= 4 is 17.9 Å². The van der Waals surface area contributed by atoms with E-state index < -0.39 is 11.6 Å². The molecule has 0 bridgehead atoms. The van der Waals surface area contributed by atoms with Crippen LogP contribution in [0, 0.1) is 11.8 Å². The summed E-state index contributed by atoms with van der Waals surface area (Å²) in [6.45, 7) is 13.6. The molecule has 8 heteroatoms. The van der Waals surface area contributed by atoms with E-state index in [1.807, 2.05) is 46.4 Å². The summed E-state index contributed by atoms with van der Waals surface area (Å²) >= 11 is 0. The Bertz CT molecular complexity index is 832. The van der Waals surface area contributed by atoms with Crippen LogP contribution in [0.1, 0.15) is 64.7 Å². The van der Waals surface area contributed by atoms with Crippen LogP contribution in [0.25, 0.3) is 0 Å². The zero-order valence-corrected chi connectivity index (χ0v) is 21.7. The predicted octanol–water partition coefficient (Wildman–Crippen LogP) is 3.95. The summed E-state index contributed by atoms with van der Waals surface area (Å²) in [5, 5.41) is 2.93. The van der Waals surface area contributed by atoms with Gasteiger partial charge in [0.05, 0.1) is 6.61 Å². The van der Waals surface area contributed by atoms with Gasteiger partial charge in [0.2, 0.25) is 5.91 Å². The third kappa shape index (κ3) is 8.22. The topological polar surface area (TPSA) is 88.2 Å². The second-order valence-electron chi connectivity index (χ2n) is 10.3. The van der Waals surface area contributed by atoms with Gasteiger partial charge in [-0.3, -0.25) is 9.59 Å². The van der Waals surface area contributed by atoms with E-state index in [0.717, 1.165) is 12.8 Å². The van der Waals surface area contributed by atoms with Crippen LogP contribution in [0.3, 0.4) is 0 Å². The fourth-order valence-corrected chi connectivity index (χ4v) is 4.02. The smallest absolute Gasteiger partial charge is 0.410 e. The highest BCUT2D eigenvalue weighted by atomic mass is 16.6. The van der Waals surface area contributed by atoms with E-state index in [1.165, 1.54) is 0 Å². The van der Waals surface area contributed by atoms with Crippen LogP contribution >= 0.6 is 0 Å². The van der Waals surface area contributed by atoms with Crippen molar-refractivity contribution in [3.05, 3.63) is 29.8 Å². The molecule has 0 saturated carbocycles. The highest BCUT2D eigenvalue weighted by molar-refractivity contribution is 5.97. The molecule has 1 heterocycles. The monoisotopic (exact) mass is 475 g/mol. The molecule has 3 amide bonds. The molecule has 1 aliphatic heterocycles. The number of amides is 3. The number of piperidine rings is 1. The average molecular weight is 476 g/mol. The van der Waals surface area contributed by atoms with Crippen molar-refractivity contribution in [2.24, 2.45) is 11.8 Å². The lowest BCUT2D eigenvalue weighted by Gasteiger charge is -2.37. The molecule has 0 radical (unpaired) electrons. The Labute approximate surface area is 204 Å². The normalized spacial score (nSPS) is 17.2. The molecule has 1 aliphatic rings. The lowest BCUT2D eigenvalue weighted by atomic mass is 9.95. The predicted molar refractivity (Wildman–Crippen MR) is 132 cm³/mol. The first-order valence-electron chi connectivity index (χ1n) is 12.2. The summed E-state index contributed by atoms with van der Waals surface area (Å²) in [7, 11) is 1.73. The Morgan fingerprint density at radius 3 is 2.38 bits per heavy atom. The molecule has 0 aromatic heterocycles. The standard InChI is InChI=1S/C26H41N3O5/c1-8-33-21-13-11-20(12-14-21)23(30)27-22(18(2)3)24(31)29-15-9-10-19(17-29)16-28(7)25(32)34-26(4,5)6/h11-14,18-19,22H,8-10,15-17H2,1-7H3,(H,27,30). The number of hydrogen-bond donors (Lipinski definition) is 1. The molecular weight excluding hydrogens is 434 g/mol. The van der Waals surface area contributed by atoms with Crippen molar-refractivity contribution in [3.63, 3.8) is 0 Å². The van der Waals surface area contributed by atoms with Crippen molar-refractivity contribution < 1.29 is 23.9 Å². The largest absolute Gasteiger partial charge is 0.494 e. The minimum Gasteiger partial charge on any atom is -0.494 e. The molecule has 1 N–H and O–H groups in total. The zero-order valence-electron chi connectivity index (χ0n) is 21.7. The lowest BCUT2D eigenvalue weighted by Crippen LogP contribution is -2.54. The van der Waals surface area contributed by atoms with E-state index in [4.69, 9.17) is 9.47 Å². The van der Waals surface area contributed by atoms with Crippen LogP contribution in [0.5, 0.6) is 5.75 Å². The van der Waals surface area contributed by atoms with Gasteiger partial charge in [0, 0.05) is 32.2 Å². The Morgan fingerprint density at radius 1 is 1.18 bits per heavy atom. The van der Waals surface area contributed by atoms with Crippen molar-refractivity contribution in [2.45, 2.75) is 66.0 Å². The first-order valence-corrected chi connectivity index (χ1v) is 12.2. The van der Waals surface area contributed by atoms with Crippen LogP contribution in [-0.2, 0) is 9.53 Å². The second-order valence-corrected chi connectivity index (χ2v) is 10.3. The van der Waals surface area contributed by atoms with Gasteiger partial charge in [0.25, 0.3) is 5.91 Å². The summed E-state index contributed by atoms with van der Waals surface area (Å²) in [4.78, 5) is 41.9. The quantitative estimate of drug-likeness (QED) is 0.615. The molecule has 1 aromatic carbocycles. The van der Waals surface area contributed by atoms with Gasteiger partial charge in [-0.2, -0.15) is 0 Å². The van der Waals surface area contributed by atoms with Crippen molar-refractivity contribution in [1.82, 2.24) is 15.1 Å². The Hall–Kier alpha value is -2.77. The molecule has 2 atom stereocenters. The second kappa shape index (κ2) is 12.1. The number of carbonyl (C=O) groups is 3. The van der Waals surface area contributed by atoms with E-state index in [2.05, 4.69) is 5.32 Å². The van der Waals surface area contributed by atoms with E-state index >= 15 is 0 Å². The molecule has 1 saturated heterocycles. The molecule has 8 nitrogen and oxygen atoms in total. The SMILES string of the molecule is CCOc1ccc(C(=O)NC(C(=O)N2CCCC(CN(C)C(=O)OC(C)(C)C)C2)C(C)C)cc1. The fourth-order valence-electron chi connectivity index (χ4n) is 4.02. The minimum absolute atomic E-state index is 0.0658. The highest BCUT2D eigenvalue weighted by Crippen LogP contribution is 2.21. The number of nitrogens with zero attached hydrogens (tertiary/aromatic N) is 2. The zero-order chi connectivity index (χ0) is 25.5. The van der Waals surface area contributed by atoms with Gasteiger partial charge in [-0.05, 0) is 76.6 Å². The maximum atomic E-state index is 13.4. The van der Waals surface area contributed by atoms with E-state index in [0.29, 0.717) is 37.6 Å². The average Bonchev–Trinajstić information content (AvgIpc) is 2.76. The Balaban J connectivity index is 2.00. The van der Waals surface area contributed by atoms with Crippen molar-refractivity contribution in [1.29, 1.82) is 0 Å². The van der Waals surface area contributed by atoms with Crippen LogP contribution in [0.15, 0.2) is 24.3 Å². The summed E-state index contributed by atoms with van der Waals surface area (Å²) < 4.78 is 10.9. The first-order chi connectivity index (χ1) is 15.9. The van der Waals surface area contributed by atoms with Gasteiger partial charge in [0.15, 0.2) is 0 Å². The van der Waals surface area contributed by atoms with E-state index in [-0.39, 0.29) is 29.7 Å². The van der Waals surface area contributed by atoms with Gasteiger partial charge >= 0.3 is 6.09 Å². The first kappa shape index (κ1) is 27.5. The number of nitrogens with one attached hydrogen (secondary N) is 1. The van der Waals surface area contributed by atoms with Crippen LogP contribution in [0.4, 0.5) is 4.79 Å². The minimum atomic E-state index is -0.624. The maximum Gasteiger partial charge on any atom is 0.410 e. The summed E-state index contributed by atoms with van der Waals surface area (Å²) in [6, 6.07) is 6.28. The van der Waals surface area contributed by atoms with Gasteiger partial charge < -0.3 is 24.6 Å². The van der Waals surface area contributed by atoms with Crippen molar-refractivity contribution in [3.8, 4) is 5.75 Å². The maximum absolute atomic E-state index is 13.4. The van der Waals surface area contributed by atoms with Gasteiger partial charge in [-0.1, -0.05) is 13.8 Å². The molecule has 190 valence electrons. The van der Waals surface area contributed by atoms with Gasteiger partial charge in [-0.25, -0.2) is 4.79 Å². The van der Waals surface area contributed by atoms with Gasteiger partial charge in [-0.15, -0.1) is 0 Å².